The Morgan fingerprint density at radius 2 is 0.400 bits per heavy atom. The third-order valence-electron chi connectivity index (χ3n) is 8.25. The molecule has 0 atom stereocenters. The van der Waals surface area contributed by atoms with Gasteiger partial charge in [-0.15, -0.1) is 0 Å². The first-order valence-electron chi connectivity index (χ1n) is 12.3. The van der Waals surface area contributed by atoms with E-state index in [0.29, 0.717) is 0 Å². The van der Waals surface area contributed by atoms with Crippen LogP contribution in [0.5, 0.6) is 0 Å². The summed E-state index contributed by atoms with van der Waals surface area (Å²) in [6, 6.07) is 0. The van der Waals surface area contributed by atoms with Gasteiger partial charge >= 0.3 is 0 Å². The molecule has 30 heavy (non-hydrogen) atoms. The molecule has 1 aromatic rings. The summed E-state index contributed by atoms with van der Waals surface area (Å²) in [6.45, 7) is 0. The first-order valence-corrected chi connectivity index (χ1v) is 12.3. The molecule has 0 nitrogen and oxygen atoms in total. The maximum atomic E-state index is 2.53. The predicted molar refractivity (Wildman–Crippen MR) is 130 cm³/mol. The average molecular weight is 391 g/mol. The molecule has 0 heterocycles. The number of hydrogen-bond acceptors (Lipinski definition) is 0. The Labute approximate surface area is 180 Å². The fraction of sp³-hybridized carbons (Fsp3) is 0.400. The summed E-state index contributed by atoms with van der Waals surface area (Å²) in [5.74, 6) is 0. The van der Waals surface area contributed by atoms with Crippen LogP contribution >= 0.6 is 0 Å². The van der Waals surface area contributed by atoms with Gasteiger partial charge in [0.25, 0.3) is 0 Å². The fourth-order valence-corrected chi connectivity index (χ4v) is 5.77. The summed E-state index contributed by atoms with van der Waals surface area (Å²) in [6.07, 6.45) is 30.3. The van der Waals surface area contributed by atoms with Crippen LogP contribution < -0.4 is 0 Å². The van der Waals surface area contributed by atoms with Gasteiger partial charge in [0.15, 0.2) is 0 Å². The van der Waals surface area contributed by atoms with E-state index in [1.807, 2.05) is 0 Å². The van der Waals surface area contributed by atoms with Crippen LogP contribution in [0.4, 0.5) is 0 Å². The summed E-state index contributed by atoms with van der Waals surface area (Å²) >= 11 is 0. The van der Waals surface area contributed by atoms with Crippen molar-refractivity contribution in [3.05, 3.63) is 69.8 Å². The standard InChI is InChI=1S/C30H30/c1-7-19(8-1)25-26(20-9-2-10-20)28(22-13-4-14-22)30(24-17-6-18-24)29(23-15-5-16-23)27(25)21-11-3-12-21/h7,9,11,13,15,17H,1-6,8,10,12,14,16,18H2. The predicted octanol–water partition coefficient (Wildman–Crippen LogP) is 8.75. The first-order chi connectivity index (χ1) is 14.9. The zero-order valence-corrected chi connectivity index (χ0v) is 17.9. The molecule has 0 spiro atoms. The molecule has 0 unspecified atom stereocenters. The van der Waals surface area contributed by atoms with Crippen molar-refractivity contribution in [3.63, 3.8) is 0 Å². The Hall–Kier alpha value is -2.34. The van der Waals surface area contributed by atoms with Gasteiger partial charge in [0, 0.05) is 0 Å². The monoisotopic (exact) mass is 390 g/mol. The van der Waals surface area contributed by atoms with E-state index < -0.39 is 0 Å². The van der Waals surface area contributed by atoms with Gasteiger partial charge in [-0.3, -0.25) is 0 Å². The molecule has 6 aliphatic carbocycles. The van der Waals surface area contributed by atoms with Crippen LogP contribution in [0.1, 0.15) is 110 Å². The van der Waals surface area contributed by atoms with Crippen LogP contribution in [0.15, 0.2) is 36.5 Å². The molecule has 6 aliphatic rings. The molecule has 1 aromatic carbocycles. The lowest BCUT2D eigenvalue weighted by Gasteiger charge is -2.38. The minimum absolute atomic E-state index is 1.26. The fourth-order valence-electron chi connectivity index (χ4n) is 5.77. The van der Waals surface area contributed by atoms with Crippen LogP contribution in [0.3, 0.4) is 0 Å². The zero-order chi connectivity index (χ0) is 19.7. The number of allylic oxidation sites excluding steroid dienone is 12. The third-order valence-corrected chi connectivity index (χ3v) is 8.25. The smallest absolute Gasteiger partial charge is 0.00644 e. The number of benzene rings is 1. The van der Waals surface area contributed by atoms with E-state index in [1.165, 1.54) is 77.0 Å². The van der Waals surface area contributed by atoms with Crippen LogP contribution in [0.25, 0.3) is 33.4 Å². The Balaban J connectivity index is 1.66. The normalized spacial score (nSPS) is 23.6. The SMILES string of the molecule is C1=C(c2c(C3=CCC3)c(C3=CCC3)c(C3=CCC3)c(C3=CCC3)c2C2=CCC2)CC1. The van der Waals surface area contributed by atoms with E-state index in [1.54, 1.807) is 66.8 Å². The molecule has 150 valence electrons. The molecule has 0 heteroatoms. The molecule has 0 fully saturated rings. The van der Waals surface area contributed by atoms with E-state index in [-0.39, 0.29) is 0 Å². The summed E-state index contributed by atoms with van der Waals surface area (Å²) < 4.78 is 0. The van der Waals surface area contributed by atoms with Crippen LogP contribution in [0.2, 0.25) is 0 Å². The summed E-state index contributed by atoms with van der Waals surface area (Å²) in [4.78, 5) is 0. The summed E-state index contributed by atoms with van der Waals surface area (Å²) in [5.41, 5.74) is 19.7. The number of rotatable bonds is 6. The topological polar surface area (TPSA) is 0 Å². The van der Waals surface area contributed by atoms with Gasteiger partial charge in [-0.25, -0.2) is 0 Å². The van der Waals surface area contributed by atoms with Gasteiger partial charge in [-0.2, -0.15) is 0 Å². The zero-order valence-electron chi connectivity index (χ0n) is 17.9. The molecule has 0 radical (unpaired) electrons. The van der Waals surface area contributed by atoms with Gasteiger partial charge in [0.2, 0.25) is 0 Å². The second kappa shape index (κ2) is 6.58. The molecule has 0 saturated heterocycles. The molecule has 0 aliphatic heterocycles. The van der Waals surface area contributed by atoms with Crippen molar-refractivity contribution in [1.29, 1.82) is 0 Å². The largest absolute Gasteiger partial charge is 0.0803 e. The van der Waals surface area contributed by atoms with Crippen molar-refractivity contribution >= 4 is 33.4 Å². The Bertz CT molecular complexity index is 909. The maximum Gasteiger partial charge on any atom is -0.00644 e. The molecule has 0 bridgehead atoms. The molecular formula is C30H30. The van der Waals surface area contributed by atoms with E-state index in [2.05, 4.69) is 36.5 Å². The summed E-state index contributed by atoms with van der Waals surface area (Å²) in [5, 5.41) is 0. The third kappa shape index (κ3) is 2.34. The molecule has 0 amide bonds. The highest BCUT2D eigenvalue weighted by atomic mass is 14.4. The van der Waals surface area contributed by atoms with Crippen LogP contribution in [-0.4, -0.2) is 0 Å². The second-order valence-electron chi connectivity index (χ2n) is 9.86. The first kappa shape index (κ1) is 17.4. The van der Waals surface area contributed by atoms with Gasteiger partial charge in [0.05, 0.1) is 0 Å². The minimum atomic E-state index is 1.26. The van der Waals surface area contributed by atoms with E-state index in [9.17, 15) is 0 Å². The molecule has 0 aromatic heterocycles. The highest BCUT2D eigenvalue weighted by Gasteiger charge is 2.36. The highest BCUT2D eigenvalue weighted by molar-refractivity contribution is 6.05. The van der Waals surface area contributed by atoms with Crippen molar-refractivity contribution in [1.82, 2.24) is 0 Å². The number of hydrogen-bond donors (Lipinski definition) is 0. The molecule has 0 saturated carbocycles. The van der Waals surface area contributed by atoms with Crippen LogP contribution in [0, 0.1) is 0 Å². The Kier molecular flexibility index (Phi) is 3.80. The summed E-state index contributed by atoms with van der Waals surface area (Å²) in [7, 11) is 0. The lowest BCUT2D eigenvalue weighted by molar-refractivity contribution is 0.929. The Morgan fingerprint density at radius 1 is 0.267 bits per heavy atom. The minimum Gasteiger partial charge on any atom is -0.0803 e. The van der Waals surface area contributed by atoms with Crippen molar-refractivity contribution in [3.8, 4) is 0 Å². The Morgan fingerprint density at radius 3 is 0.467 bits per heavy atom. The maximum absolute atomic E-state index is 2.53. The van der Waals surface area contributed by atoms with Crippen molar-refractivity contribution < 1.29 is 0 Å². The lowest BCUT2D eigenvalue weighted by atomic mass is 9.65. The van der Waals surface area contributed by atoms with Crippen LogP contribution in [-0.2, 0) is 0 Å². The van der Waals surface area contributed by atoms with Gasteiger partial charge < -0.3 is 0 Å². The van der Waals surface area contributed by atoms with Crippen molar-refractivity contribution in [2.45, 2.75) is 77.0 Å². The van der Waals surface area contributed by atoms with E-state index in [0.717, 1.165) is 0 Å². The van der Waals surface area contributed by atoms with Gasteiger partial charge in [0.1, 0.15) is 0 Å². The molecular weight excluding hydrogens is 360 g/mol. The van der Waals surface area contributed by atoms with Crippen molar-refractivity contribution in [2.75, 3.05) is 0 Å². The quantitative estimate of drug-likeness (QED) is 0.455. The van der Waals surface area contributed by atoms with E-state index >= 15 is 0 Å². The highest BCUT2D eigenvalue weighted by Crippen LogP contribution is 2.55. The average Bonchev–Trinajstić information content (AvgIpc) is 2.45. The van der Waals surface area contributed by atoms with E-state index in [4.69, 9.17) is 0 Å². The molecule has 7 rings (SSSR count). The lowest BCUT2D eigenvalue weighted by Crippen LogP contribution is -2.19. The second-order valence-corrected chi connectivity index (χ2v) is 9.86. The van der Waals surface area contributed by atoms with Gasteiger partial charge in [-0.1, -0.05) is 36.5 Å². The van der Waals surface area contributed by atoms with Crippen molar-refractivity contribution in [2.24, 2.45) is 0 Å². The van der Waals surface area contributed by atoms with Gasteiger partial charge in [-0.05, 0) is 144 Å². The molecule has 0 N–H and O–H groups in total.